The van der Waals surface area contributed by atoms with Crippen molar-refractivity contribution >= 4 is 17.9 Å². The van der Waals surface area contributed by atoms with Crippen molar-refractivity contribution in [2.45, 2.75) is 38.5 Å². The molecule has 0 saturated carbocycles. The van der Waals surface area contributed by atoms with Gasteiger partial charge in [0.1, 0.15) is 5.76 Å². The molecule has 0 N–H and O–H groups in total. The molecule has 1 aromatic carbocycles. The van der Waals surface area contributed by atoms with Crippen LogP contribution in [0.1, 0.15) is 59.3 Å². The normalized spacial score (nSPS) is 18.0. The second-order valence-electron chi connectivity index (χ2n) is 7.80. The van der Waals surface area contributed by atoms with Crippen molar-refractivity contribution in [3.05, 3.63) is 59.3 Å². The highest BCUT2D eigenvalue weighted by Crippen LogP contribution is 2.29. The van der Waals surface area contributed by atoms with Crippen molar-refractivity contribution in [3.8, 4) is 0 Å². The Balaban J connectivity index is 1.35. The van der Waals surface area contributed by atoms with Crippen molar-refractivity contribution in [1.82, 2.24) is 14.8 Å². The van der Waals surface area contributed by atoms with E-state index in [0.29, 0.717) is 30.4 Å². The lowest BCUT2D eigenvalue weighted by atomic mass is 9.96. The number of benzene rings is 1. The molecule has 0 unspecified atom stereocenters. The van der Waals surface area contributed by atoms with Crippen molar-refractivity contribution in [3.63, 3.8) is 0 Å². The molecule has 152 valence electrons. The Morgan fingerprint density at radius 1 is 1.03 bits per heavy atom. The number of oxazole rings is 1. The Morgan fingerprint density at radius 3 is 2.41 bits per heavy atom. The van der Waals surface area contributed by atoms with E-state index in [4.69, 9.17) is 4.42 Å². The summed E-state index contributed by atoms with van der Waals surface area (Å²) in [4.78, 5) is 33.4. The van der Waals surface area contributed by atoms with E-state index in [1.165, 1.54) is 0 Å². The van der Waals surface area contributed by atoms with Crippen LogP contribution in [-0.4, -0.2) is 52.8 Å². The van der Waals surface area contributed by atoms with Gasteiger partial charge in [0, 0.05) is 38.2 Å². The summed E-state index contributed by atoms with van der Waals surface area (Å²) in [7, 11) is 0. The molecule has 0 spiro atoms. The second kappa shape index (κ2) is 8.64. The number of likely N-dealkylation sites (tertiary alicyclic amines) is 2. The summed E-state index contributed by atoms with van der Waals surface area (Å²) in [6, 6.07) is 9.82. The standard InChI is InChI=1S/C23H27N3O3/c1-17-21(23(28)26-13-5-6-14-26)24-22(29-17)19-11-15-25(16-12-19)20(27)10-9-18-7-3-2-4-8-18/h2-4,7-10,19H,5-6,11-16H2,1H3. The third kappa shape index (κ3) is 4.42. The SMILES string of the molecule is Cc1oc(C2CCN(C(=O)C=Cc3ccccc3)CC2)nc1C(=O)N1CCCC1. The zero-order valence-corrected chi connectivity index (χ0v) is 16.8. The number of hydrogen-bond donors (Lipinski definition) is 0. The van der Waals surface area contributed by atoms with Gasteiger partial charge in [0.05, 0.1) is 0 Å². The predicted molar refractivity (Wildman–Crippen MR) is 110 cm³/mol. The lowest BCUT2D eigenvalue weighted by molar-refractivity contribution is -0.127. The average molecular weight is 393 g/mol. The summed E-state index contributed by atoms with van der Waals surface area (Å²) >= 11 is 0. The maximum Gasteiger partial charge on any atom is 0.276 e. The molecule has 0 atom stereocenters. The first kappa shape index (κ1) is 19.4. The molecule has 4 rings (SSSR count). The van der Waals surface area contributed by atoms with Gasteiger partial charge in [0.2, 0.25) is 5.91 Å². The molecule has 0 bridgehead atoms. The zero-order chi connectivity index (χ0) is 20.2. The van der Waals surface area contributed by atoms with E-state index in [1.807, 2.05) is 53.1 Å². The molecule has 6 heteroatoms. The number of carbonyl (C=O) groups is 2. The summed E-state index contributed by atoms with van der Waals surface area (Å²) in [5.41, 5.74) is 1.47. The summed E-state index contributed by atoms with van der Waals surface area (Å²) in [6.07, 6.45) is 7.19. The molecule has 0 radical (unpaired) electrons. The van der Waals surface area contributed by atoms with Crippen molar-refractivity contribution in [2.75, 3.05) is 26.2 Å². The minimum Gasteiger partial charge on any atom is -0.445 e. The van der Waals surface area contributed by atoms with Crippen LogP contribution in [0.2, 0.25) is 0 Å². The Kier molecular flexibility index (Phi) is 5.79. The second-order valence-corrected chi connectivity index (χ2v) is 7.80. The quantitative estimate of drug-likeness (QED) is 0.744. The van der Waals surface area contributed by atoms with Crippen LogP contribution < -0.4 is 0 Å². The fourth-order valence-electron chi connectivity index (χ4n) is 4.04. The summed E-state index contributed by atoms with van der Waals surface area (Å²) in [6.45, 7) is 4.75. The van der Waals surface area contributed by atoms with Crippen LogP contribution in [0.4, 0.5) is 0 Å². The molecule has 2 aliphatic heterocycles. The van der Waals surface area contributed by atoms with Gasteiger partial charge in [-0.2, -0.15) is 0 Å². The van der Waals surface area contributed by atoms with Crippen LogP contribution in [0.3, 0.4) is 0 Å². The van der Waals surface area contributed by atoms with Gasteiger partial charge in [-0.3, -0.25) is 9.59 Å². The Labute approximate surface area is 171 Å². The Morgan fingerprint density at radius 2 is 1.72 bits per heavy atom. The van der Waals surface area contributed by atoms with Crippen LogP contribution in [0.15, 0.2) is 40.8 Å². The number of nitrogens with zero attached hydrogens (tertiary/aromatic N) is 3. The van der Waals surface area contributed by atoms with Crippen LogP contribution in [0.5, 0.6) is 0 Å². The number of hydrogen-bond acceptors (Lipinski definition) is 4. The lowest BCUT2D eigenvalue weighted by Gasteiger charge is -2.29. The van der Waals surface area contributed by atoms with Crippen LogP contribution in [0, 0.1) is 6.92 Å². The van der Waals surface area contributed by atoms with E-state index in [9.17, 15) is 9.59 Å². The van der Waals surface area contributed by atoms with Crippen LogP contribution >= 0.6 is 0 Å². The molecule has 6 nitrogen and oxygen atoms in total. The van der Waals surface area contributed by atoms with E-state index in [1.54, 1.807) is 6.08 Å². The number of aryl methyl sites for hydroxylation is 1. The highest BCUT2D eigenvalue weighted by molar-refractivity contribution is 5.93. The average Bonchev–Trinajstić information content (AvgIpc) is 3.42. The lowest BCUT2D eigenvalue weighted by Crippen LogP contribution is -2.37. The van der Waals surface area contributed by atoms with E-state index in [0.717, 1.165) is 44.3 Å². The van der Waals surface area contributed by atoms with Crippen LogP contribution in [-0.2, 0) is 4.79 Å². The number of amides is 2. The van der Waals surface area contributed by atoms with Gasteiger partial charge in [0.25, 0.3) is 5.91 Å². The zero-order valence-electron chi connectivity index (χ0n) is 16.8. The first-order chi connectivity index (χ1) is 14.1. The Bertz CT molecular complexity index is 889. The van der Waals surface area contributed by atoms with E-state index in [-0.39, 0.29) is 17.7 Å². The number of carbonyl (C=O) groups excluding carboxylic acids is 2. The Hall–Kier alpha value is -2.89. The molecule has 2 aliphatic rings. The molecule has 3 heterocycles. The first-order valence-electron chi connectivity index (χ1n) is 10.4. The van der Waals surface area contributed by atoms with Gasteiger partial charge in [-0.25, -0.2) is 4.98 Å². The van der Waals surface area contributed by atoms with Gasteiger partial charge in [-0.1, -0.05) is 30.3 Å². The maximum absolute atomic E-state index is 12.6. The predicted octanol–water partition coefficient (Wildman–Crippen LogP) is 3.64. The minimum atomic E-state index is -0.0198. The van der Waals surface area contributed by atoms with E-state index >= 15 is 0 Å². The molecule has 0 aliphatic carbocycles. The van der Waals surface area contributed by atoms with Gasteiger partial charge in [-0.15, -0.1) is 0 Å². The summed E-state index contributed by atoms with van der Waals surface area (Å²) in [5, 5.41) is 0. The maximum atomic E-state index is 12.6. The van der Waals surface area contributed by atoms with Gasteiger partial charge in [0.15, 0.2) is 11.6 Å². The number of aromatic nitrogens is 1. The molecule has 2 fully saturated rings. The highest BCUT2D eigenvalue weighted by Gasteiger charge is 2.30. The third-order valence-electron chi connectivity index (χ3n) is 5.78. The molecule has 1 aromatic heterocycles. The van der Waals surface area contributed by atoms with E-state index in [2.05, 4.69) is 4.98 Å². The monoisotopic (exact) mass is 393 g/mol. The van der Waals surface area contributed by atoms with Gasteiger partial charge in [-0.05, 0) is 44.2 Å². The molecule has 2 saturated heterocycles. The van der Waals surface area contributed by atoms with Crippen molar-refractivity contribution in [2.24, 2.45) is 0 Å². The largest absolute Gasteiger partial charge is 0.445 e. The topological polar surface area (TPSA) is 66.7 Å². The van der Waals surface area contributed by atoms with E-state index < -0.39 is 0 Å². The van der Waals surface area contributed by atoms with Crippen LogP contribution in [0.25, 0.3) is 6.08 Å². The number of rotatable bonds is 4. The number of piperidine rings is 1. The molecule has 2 amide bonds. The third-order valence-corrected chi connectivity index (χ3v) is 5.78. The van der Waals surface area contributed by atoms with Crippen molar-refractivity contribution < 1.29 is 14.0 Å². The fourth-order valence-corrected chi connectivity index (χ4v) is 4.04. The summed E-state index contributed by atoms with van der Waals surface area (Å²) < 4.78 is 5.86. The molecule has 2 aromatic rings. The highest BCUT2D eigenvalue weighted by atomic mass is 16.4. The first-order valence-corrected chi connectivity index (χ1v) is 10.4. The van der Waals surface area contributed by atoms with Crippen molar-refractivity contribution in [1.29, 1.82) is 0 Å². The minimum absolute atomic E-state index is 0.0198. The van der Waals surface area contributed by atoms with Gasteiger partial charge >= 0.3 is 0 Å². The fraction of sp³-hybridized carbons (Fsp3) is 0.435. The molecule has 29 heavy (non-hydrogen) atoms. The van der Waals surface area contributed by atoms with Gasteiger partial charge < -0.3 is 14.2 Å². The summed E-state index contributed by atoms with van der Waals surface area (Å²) in [5.74, 6) is 1.39. The molecular formula is C23H27N3O3. The smallest absolute Gasteiger partial charge is 0.276 e. The molecular weight excluding hydrogens is 366 g/mol.